The normalized spacial score (nSPS) is 13.8. The van der Waals surface area contributed by atoms with Gasteiger partial charge in [-0.25, -0.2) is 4.98 Å². The van der Waals surface area contributed by atoms with Crippen LogP contribution in [0.4, 0.5) is 0 Å². The number of para-hydroxylation sites is 1. The Balaban J connectivity index is 0.00000765. The average molecular weight is 1080 g/mol. The first-order valence-corrected chi connectivity index (χ1v) is 23.1. The molecule has 2 aromatic heterocycles. The summed E-state index contributed by atoms with van der Waals surface area (Å²) in [6, 6.07) is 41.1. The summed E-state index contributed by atoms with van der Waals surface area (Å²) in [6.45, 7) is 18.5. The van der Waals surface area contributed by atoms with Crippen molar-refractivity contribution in [3.8, 4) is 78.6 Å². The van der Waals surface area contributed by atoms with E-state index in [1.165, 1.54) is 0 Å². The molecule has 9 rings (SSSR count). The minimum Gasteiger partial charge on any atom is -0.507 e. The van der Waals surface area contributed by atoms with E-state index in [9.17, 15) is 9.22 Å². The average Bonchev–Trinajstić information content (AvgIpc) is 3.76. The van der Waals surface area contributed by atoms with E-state index in [4.69, 9.17) is 16.8 Å². The maximum atomic E-state index is 12.4. The molecule has 0 aliphatic heterocycles. The van der Waals surface area contributed by atoms with E-state index < -0.39 is 25.0 Å². The first-order chi connectivity index (χ1) is 35.3. The molecule has 7 aromatic carbocycles. The van der Waals surface area contributed by atoms with Crippen LogP contribution in [-0.2, 0) is 31.9 Å². The fourth-order valence-electron chi connectivity index (χ4n) is 9.01. The van der Waals surface area contributed by atoms with Crippen LogP contribution in [0, 0.1) is 12.9 Å². The van der Waals surface area contributed by atoms with Gasteiger partial charge in [0, 0.05) is 37.1 Å². The number of phenols is 1. The van der Waals surface area contributed by atoms with Crippen LogP contribution < -0.4 is 0 Å². The summed E-state index contributed by atoms with van der Waals surface area (Å²) in [7, 11) is 0. The molecule has 68 heavy (non-hydrogen) atoms. The van der Waals surface area contributed by atoms with Gasteiger partial charge in [0.05, 0.1) is 29.1 Å². The first-order valence-electron chi connectivity index (χ1n) is 27.1. The van der Waals surface area contributed by atoms with Gasteiger partial charge in [-0.15, -0.1) is 29.3 Å². The minimum absolute atomic E-state index is 0. The van der Waals surface area contributed by atoms with Gasteiger partial charge in [0.25, 0.3) is 0 Å². The number of nitrogens with zero attached hydrogens (tertiary/aromatic N) is 3. The van der Waals surface area contributed by atoms with Crippen LogP contribution >= 0.6 is 0 Å². The van der Waals surface area contributed by atoms with Crippen molar-refractivity contribution in [2.45, 2.75) is 98.8 Å². The number of aryl methyl sites for hydroxylation is 1. The van der Waals surface area contributed by atoms with Crippen molar-refractivity contribution in [2.75, 3.05) is 0 Å². The Morgan fingerprint density at radius 3 is 2.06 bits per heavy atom. The Labute approximate surface area is 429 Å². The Kier molecular flexibility index (Phi) is 10.8. The minimum atomic E-state index is -2.61. The Bertz CT molecular complexity index is 3670. The van der Waals surface area contributed by atoms with Crippen LogP contribution in [-0.4, -0.2) is 19.6 Å². The standard InChI is InChI=1S/C63H62N3O.Pt/c1-39(2)46-36-52(40(3)4)60(67)53(37-46)61-65-59-51(47-33-48(35-49(34-47)62(6,7)8)55-38-44(30-31-64-55)42-20-14-12-15-21-42)25-19-27-57(59)66(61)56-29-28-45(32-41(56)5)58-50(43-22-16-13-17-23-43)24-18-26-54(58)63(9,10)11;/h12-32,34-40,67H,1-11H3;/q-1;/i5D3,12D,14D,15D,20D,21D;. The summed E-state index contributed by atoms with van der Waals surface area (Å²) in [5, 5.41) is 12.4. The Hall–Kier alpha value is -6.35. The van der Waals surface area contributed by atoms with Crippen molar-refractivity contribution in [3.63, 3.8) is 0 Å². The van der Waals surface area contributed by atoms with Crippen LogP contribution in [0.3, 0.4) is 0 Å². The number of pyridine rings is 1. The Morgan fingerprint density at radius 2 is 1.37 bits per heavy atom. The van der Waals surface area contributed by atoms with E-state index >= 15 is 0 Å². The Morgan fingerprint density at radius 1 is 0.647 bits per heavy atom. The van der Waals surface area contributed by atoms with Crippen LogP contribution in [0.2, 0.25) is 0 Å². The molecule has 0 atom stereocenters. The number of benzene rings is 7. The van der Waals surface area contributed by atoms with Crippen LogP contribution in [0.1, 0.15) is 120 Å². The van der Waals surface area contributed by atoms with Crippen molar-refractivity contribution >= 4 is 11.0 Å². The van der Waals surface area contributed by atoms with Crippen molar-refractivity contribution < 1.29 is 37.1 Å². The van der Waals surface area contributed by atoms with Gasteiger partial charge < -0.3 is 5.11 Å². The molecule has 0 spiro atoms. The number of aromatic hydroxyl groups is 1. The smallest absolute Gasteiger partial charge is 0.148 e. The molecule has 0 fully saturated rings. The zero-order chi connectivity index (χ0) is 54.2. The summed E-state index contributed by atoms with van der Waals surface area (Å²) in [5.74, 6) is 0.489. The summed E-state index contributed by atoms with van der Waals surface area (Å²) < 4.78 is 72.0. The van der Waals surface area contributed by atoms with Crippen molar-refractivity contribution in [3.05, 3.63) is 192 Å². The third-order valence-electron chi connectivity index (χ3n) is 12.7. The van der Waals surface area contributed by atoms with E-state index in [-0.39, 0.29) is 72.7 Å². The third-order valence-corrected chi connectivity index (χ3v) is 12.7. The summed E-state index contributed by atoms with van der Waals surface area (Å²) >= 11 is 0. The van der Waals surface area contributed by atoms with E-state index in [1.807, 2.05) is 85.1 Å². The second kappa shape index (κ2) is 19.0. The molecule has 9 aromatic rings. The van der Waals surface area contributed by atoms with Crippen molar-refractivity contribution in [2.24, 2.45) is 0 Å². The van der Waals surface area contributed by atoms with E-state index in [0.29, 0.717) is 56.1 Å². The number of imidazole rings is 1. The van der Waals surface area contributed by atoms with Gasteiger partial charge in [-0.1, -0.05) is 189 Å². The number of rotatable bonds is 9. The summed E-state index contributed by atoms with van der Waals surface area (Å²) in [5.41, 5.74) is 11.9. The second-order valence-electron chi connectivity index (χ2n) is 20.2. The molecule has 1 N–H and O–H groups in total. The number of hydrogen-bond donors (Lipinski definition) is 1. The number of aromatic nitrogens is 3. The molecule has 5 heteroatoms. The predicted molar refractivity (Wildman–Crippen MR) is 282 cm³/mol. The molecular formula is C63H62N3OPt-. The van der Waals surface area contributed by atoms with Crippen molar-refractivity contribution in [1.29, 1.82) is 0 Å². The molecular weight excluding hydrogens is 1010 g/mol. The van der Waals surface area contributed by atoms with Gasteiger partial charge in [-0.05, 0) is 115 Å². The molecule has 0 aliphatic carbocycles. The quantitative estimate of drug-likeness (QED) is 0.147. The molecule has 0 unspecified atom stereocenters. The van der Waals surface area contributed by atoms with Crippen LogP contribution in [0.5, 0.6) is 5.75 Å². The fraction of sp³-hybridized carbons (Fsp3) is 0.238. The van der Waals surface area contributed by atoms with Gasteiger partial charge >= 0.3 is 0 Å². The van der Waals surface area contributed by atoms with Crippen molar-refractivity contribution in [1.82, 2.24) is 14.5 Å². The first kappa shape index (κ1) is 38.6. The molecule has 0 aliphatic rings. The third kappa shape index (κ3) is 9.29. The van der Waals surface area contributed by atoms with Gasteiger partial charge in [0.1, 0.15) is 11.6 Å². The summed E-state index contributed by atoms with van der Waals surface area (Å²) in [4.78, 5) is 10.2. The topological polar surface area (TPSA) is 50.9 Å². The molecule has 2 heterocycles. The van der Waals surface area contributed by atoms with Gasteiger partial charge in [0.2, 0.25) is 0 Å². The maximum Gasteiger partial charge on any atom is 0.148 e. The monoisotopic (exact) mass is 1080 g/mol. The molecule has 0 amide bonds. The van der Waals surface area contributed by atoms with E-state index in [0.717, 1.165) is 44.5 Å². The summed E-state index contributed by atoms with van der Waals surface area (Å²) in [6.07, 6.45) is 1.57. The SMILES string of the molecule is [2H]c1c([2H])c([2H])c(-c2ccnc(-c3[c-]c(-c4cccc5c4nc(-c4cc(C(C)C)cc(C(C)C)c4O)n5-c4ccc(-c5c(-c6ccccc6)cccc5C(C)(C)C)cc4C([2H])([2H])[2H])cc(C(C)(C)C)c3)c2)c([2H])c1[2H].[Pt]. The second-order valence-corrected chi connectivity index (χ2v) is 20.2. The molecule has 0 saturated carbocycles. The van der Waals surface area contributed by atoms with Crippen LogP contribution in [0.15, 0.2) is 158 Å². The molecule has 346 valence electrons. The largest absolute Gasteiger partial charge is 0.507 e. The van der Waals surface area contributed by atoms with Crippen LogP contribution in [0.25, 0.3) is 83.9 Å². The number of phenolic OH excluding ortho intramolecular Hbond substituents is 1. The predicted octanol–water partition coefficient (Wildman–Crippen LogP) is 17.1. The fourth-order valence-corrected chi connectivity index (χ4v) is 9.01. The maximum absolute atomic E-state index is 12.4. The molecule has 0 radical (unpaired) electrons. The van der Waals surface area contributed by atoms with Gasteiger partial charge in [-0.2, -0.15) is 0 Å². The molecule has 4 nitrogen and oxygen atoms in total. The van der Waals surface area contributed by atoms with Gasteiger partial charge in [-0.3, -0.25) is 9.55 Å². The zero-order valence-electron chi connectivity index (χ0n) is 48.4. The molecule has 0 bridgehead atoms. The zero-order valence-corrected chi connectivity index (χ0v) is 42.7. The number of hydrogen-bond acceptors (Lipinski definition) is 3. The van der Waals surface area contributed by atoms with E-state index in [1.54, 1.807) is 24.4 Å². The van der Waals surface area contributed by atoms with Gasteiger partial charge in [0.15, 0.2) is 0 Å². The van der Waals surface area contributed by atoms with E-state index in [2.05, 4.69) is 97.9 Å². The molecule has 0 saturated heterocycles. The number of fused-ring (bicyclic) bond motifs is 1.